The van der Waals surface area contributed by atoms with Crippen molar-refractivity contribution < 1.29 is 4.79 Å². The Balaban J connectivity index is 1.66. The molecular formula is C22H27N5O2. The minimum absolute atomic E-state index is 0.169. The van der Waals surface area contributed by atoms with E-state index in [0.717, 1.165) is 40.6 Å². The van der Waals surface area contributed by atoms with Crippen molar-refractivity contribution in [1.29, 1.82) is 0 Å². The summed E-state index contributed by atoms with van der Waals surface area (Å²) in [4.78, 5) is 28.0. The molecule has 1 fully saturated rings. The molecule has 0 atom stereocenters. The highest BCUT2D eigenvalue weighted by atomic mass is 16.1. The van der Waals surface area contributed by atoms with Gasteiger partial charge in [-0.1, -0.05) is 12.8 Å². The first kappa shape index (κ1) is 19.4. The normalized spacial score (nSPS) is 14.6. The van der Waals surface area contributed by atoms with Crippen molar-refractivity contribution in [2.24, 2.45) is 5.73 Å². The van der Waals surface area contributed by atoms with E-state index in [9.17, 15) is 9.59 Å². The number of aromatic amines is 1. The number of aryl methyl sites for hydroxylation is 2. The molecule has 4 rings (SSSR count). The molecule has 4 N–H and O–H groups in total. The molecule has 2 aromatic heterocycles. The number of fused-ring (bicyclic) bond motifs is 1. The molecule has 1 saturated carbocycles. The van der Waals surface area contributed by atoms with Crippen molar-refractivity contribution in [3.63, 3.8) is 0 Å². The molecule has 0 saturated heterocycles. The summed E-state index contributed by atoms with van der Waals surface area (Å²) < 4.78 is 2.05. The first-order chi connectivity index (χ1) is 14.0. The minimum Gasteiger partial charge on any atom is -0.348 e. The zero-order chi connectivity index (χ0) is 20.5. The molecule has 7 heteroatoms. The van der Waals surface area contributed by atoms with Crippen molar-refractivity contribution >= 4 is 16.8 Å². The molecule has 0 spiro atoms. The molecule has 1 aromatic carbocycles. The number of benzene rings is 1. The van der Waals surface area contributed by atoms with Crippen molar-refractivity contribution in [2.75, 3.05) is 0 Å². The van der Waals surface area contributed by atoms with Gasteiger partial charge in [0.1, 0.15) is 0 Å². The number of aromatic nitrogens is 3. The molecule has 1 aliphatic carbocycles. The molecule has 3 aromatic rings. The van der Waals surface area contributed by atoms with Crippen LogP contribution in [0, 0.1) is 13.8 Å². The molecule has 0 unspecified atom stereocenters. The summed E-state index contributed by atoms with van der Waals surface area (Å²) in [7, 11) is 0. The lowest BCUT2D eigenvalue weighted by molar-refractivity contribution is 0.0952. The van der Waals surface area contributed by atoms with Crippen LogP contribution >= 0.6 is 0 Å². The predicted octanol–water partition coefficient (Wildman–Crippen LogP) is 2.85. The molecule has 0 aliphatic heterocycles. The summed E-state index contributed by atoms with van der Waals surface area (Å²) in [6.07, 6.45) is 6.41. The third-order valence-corrected chi connectivity index (χ3v) is 5.85. The second-order valence-electron chi connectivity index (χ2n) is 7.93. The van der Waals surface area contributed by atoms with E-state index in [-0.39, 0.29) is 18.0 Å². The van der Waals surface area contributed by atoms with Gasteiger partial charge in [-0.2, -0.15) is 5.10 Å². The smallest absolute Gasteiger partial charge is 0.253 e. The SMILES string of the molecule is Cc1cc(C)c(CNC(=O)c2cc(CN)cc3c2cnn3C2CCCC2)c(=O)[nH]1. The molecule has 152 valence electrons. The number of carbonyl (C=O) groups excluding carboxylic acids is 1. The second kappa shape index (κ2) is 7.83. The Morgan fingerprint density at radius 3 is 2.72 bits per heavy atom. The predicted molar refractivity (Wildman–Crippen MR) is 113 cm³/mol. The van der Waals surface area contributed by atoms with Crippen LogP contribution in [-0.2, 0) is 13.1 Å². The number of pyridine rings is 1. The Morgan fingerprint density at radius 1 is 1.28 bits per heavy atom. The summed E-state index contributed by atoms with van der Waals surface area (Å²) in [6, 6.07) is 6.14. The Bertz CT molecular complexity index is 1120. The van der Waals surface area contributed by atoms with E-state index in [0.29, 0.717) is 23.7 Å². The van der Waals surface area contributed by atoms with Gasteiger partial charge in [0, 0.05) is 29.7 Å². The zero-order valence-electron chi connectivity index (χ0n) is 16.9. The summed E-state index contributed by atoms with van der Waals surface area (Å²) in [6.45, 7) is 4.24. The summed E-state index contributed by atoms with van der Waals surface area (Å²) in [5.41, 5.74) is 10.4. The highest BCUT2D eigenvalue weighted by molar-refractivity contribution is 6.06. The van der Waals surface area contributed by atoms with Gasteiger partial charge in [0.15, 0.2) is 0 Å². The van der Waals surface area contributed by atoms with E-state index in [1.54, 1.807) is 6.20 Å². The van der Waals surface area contributed by atoms with E-state index in [1.165, 1.54) is 12.8 Å². The quantitative estimate of drug-likeness (QED) is 0.620. The van der Waals surface area contributed by atoms with Gasteiger partial charge in [-0.25, -0.2) is 0 Å². The first-order valence-electron chi connectivity index (χ1n) is 10.2. The number of amides is 1. The lowest BCUT2D eigenvalue weighted by Gasteiger charge is -2.13. The molecule has 1 aliphatic rings. The third kappa shape index (κ3) is 3.70. The number of hydrogen-bond acceptors (Lipinski definition) is 4. The van der Waals surface area contributed by atoms with Crippen LogP contribution in [0.3, 0.4) is 0 Å². The summed E-state index contributed by atoms with van der Waals surface area (Å²) >= 11 is 0. The van der Waals surface area contributed by atoms with E-state index < -0.39 is 0 Å². The van der Waals surface area contributed by atoms with Crippen LogP contribution in [0.2, 0.25) is 0 Å². The number of nitrogens with zero attached hydrogens (tertiary/aromatic N) is 2. The molecular weight excluding hydrogens is 366 g/mol. The van der Waals surface area contributed by atoms with Crippen LogP contribution in [0.1, 0.15) is 64.5 Å². The number of H-pyrrole nitrogens is 1. The fourth-order valence-electron chi connectivity index (χ4n) is 4.31. The highest BCUT2D eigenvalue weighted by Crippen LogP contribution is 2.33. The highest BCUT2D eigenvalue weighted by Gasteiger charge is 2.22. The average molecular weight is 393 g/mol. The van der Waals surface area contributed by atoms with Crippen LogP contribution in [0.4, 0.5) is 0 Å². The van der Waals surface area contributed by atoms with Gasteiger partial charge in [-0.15, -0.1) is 0 Å². The first-order valence-corrected chi connectivity index (χ1v) is 10.2. The number of nitrogens with two attached hydrogens (primary N) is 1. The van der Waals surface area contributed by atoms with E-state index in [4.69, 9.17) is 5.73 Å². The number of hydrogen-bond donors (Lipinski definition) is 3. The topological polar surface area (TPSA) is 106 Å². The Morgan fingerprint density at radius 2 is 2.03 bits per heavy atom. The Kier molecular flexibility index (Phi) is 5.24. The van der Waals surface area contributed by atoms with Gasteiger partial charge in [0.25, 0.3) is 11.5 Å². The lowest BCUT2D eigenvalue weighted by atomic mass is 10.0. The molecule has 0 bridgehead atoms. The summed E-state index contributed by atoms with van der Waals surface area (Å²) in [5, 5.41) is 8.32. The van der Waals surface area contributed by atoms with Crippen LogP contribution < -0.4 is 16.6 Å². The van der Waals surface area contributed by atoms with Gasteiger partial charge in [0.2, 0.25) is 0 Å². The molecule has 7 nitrogen and oxygen atoms in total. The molecule has 2 heterocycles. The van der Waals surface area contributed by atoms with Crippen molar-refractivity contribution in [3.05, 3.63) is 62.7 Å². The Labute approximate surface area is 169 Å². The maximum atomic E-state index is 13.0. The maximum absolute atomic E-state index is 13.0. The van der Waals surface area contributed by atoms with Gasteiger partial charge < -0.3 is 16.0 Å². The van der Waals surface area contributed by atoms with Crippen molar-refractivity contribution in [1.82, 2.24) is 20.1 Å². The molecule has 0 radical (unpaired) electrons. The average Bonchev–Trinajstić information content (AvgIpc) is 3.35. The standard InChI is InChI=1S/C22H27N5O2/c1-13-7-14(2)26-22(29)18(13)11-24-21(28)17-8-15(10-23)9-20-19(17)12-25-27(20)16-5-3-4-6-16/h7-9,12,16H,3-6,10-11,23H2,1-2H3,(H,24,28)(H,26,29). The van der Waals surface area contributed by atoms with Crippen LogP contribution in [0.15, 0.2) is 29.2 Å². The van der Waals surface area contributed by atoms with Gasteiger partial charge in [-0.05, 0) is 56.0 Å². The monoisotopic (exact) mass is 393 g/mol. The lowest BCUT2D eigenvalue weighted by Crippen LogP contribution is -2.28. The number of carbonyl (C=O) groups is 1. The van der Waals surface area contributed by atoms with Gasteiger partial charge in [0.05, 0.1) is 23.3 Å². The van der Waals surface area contributed by atoms with Crippen molar-refractivity contribution in [2.45, 2.75) is 58.7 Å². The zero-order valence-corrected chi connectivity index (χ0v) is 16.9. The number of nitrogens with one attached hydrogen (secondary N) is 2. The fraction of sp³-hybridized carbons (Fsp3) is 0.409. The van der Waals surface area contributed by atoms with Gasteiger partial charge >= 0.3 is 0 Å². The largest absolute Gasteiger partial charge is 0.348 e. The van der Waals surface area contributed by atoms with Crippen LogP contribution in [0.5, 0.6) is 0 Å². The van der Waals surface area contributed by atoms with Crippen molar-refractivity contribution in [3.8, 4) is 0 Å². The Hall–Kier alpha value is -2.93. The fourth-order valence-corrected chi connectivity index (χ4v) is 4.31. The van der Waals surface area contributed by atoms with E-state index in [1.807, 2.05) is 36.7 Å². The van der Waals surface area contributed by atoms with Crippen LogP contribution in [0.25, 0.3) is 10.9 Å². The third-order valence-electron chi connectivity index (χ3n) is 5.85. The van der Waals surface area contributed by atoms with E-state index >= 15 is 0 Å². The number of rotatable bonds is 5. The maximum Gasteiger partial charge on any atom is 0.253 e. The summed E-state index contributed by atoms with van der Waals surface area (Å²) in [5.74, 6) is -0.226. The molecule has 1 amide bonds. The van der Waals surface area contributed by atoms with E-state index in [2.05, 4.69) is 15.4 Å². The second-order valence-corrected chi connectivity index (χ2v) is 7.93. The minimum atomic E-state index is -0.226. The molecule has 29 heavy (non-hydrogen) atoms. The van der Waals surface area contributed by atoms with Crippen LogP contribution in [-0.4, -0.2) is 20.7 Å². The van der Waals surface area contributed by atoms with Gasteiger partial charge in [-0.3, -0.25) is 14.3 Å².